The first-order valence-electron chi connectivity index (χ1n) is 6.76. The molecule has 2 aliphatic heterocycles. The maximum Gasteiger partial charge on any atom is 0.328 e. The summed E-state index contributed by atoms with van der Waals surface area (Å²) < 4.78 is 4.71. The maximum atomic E-state index is 12.4. The summed E-state index contributed by atoms with van der Waals surface area (Å²) in [4.78, 5) is 38.3. The van der Waals surface area contributed by atoms with Crippen molar-refractivity contribution in [2.24, 2.45) is 5.41 Å². The van der Waals surface area contributed by atoms with Crippen LogP contribution >= 0.6 is 0 Å². The van der Waals surface area contributed by atoms with Gasteiger partial charge in [0.25, 0.3) is 0 Å². The van der Waals surface area contributed by atoms with Crippen LogP contribution < -0.4 is 0 Å². The third-order valence-electron chi connectivity index (χ3n) is 4.23. The van der Waals surface area contributed by atoms with Crippen LogP contribution in [0.4, 0.5) is 4.79 Å². The van der Waals surface area contributed by atoms with Crippen molar-refractivity contribution in [1.29, 1.82) is 0 Å². The Hall–Kier alpha value is -1.79. The molecule has 0 spiro atoms. The molecule has 0 aliphatic carbocycles. The first-order valence-corrected chi connectivity index (χ1v) is 6.76. The molecule has 0 aromatic heterocycles. The highest BCUT2D eigenvalue weighted by atomic mass is 16.5. The van der Waals surface area contributed by atoms with E-state index in [1.54, 1.807) is 6.92 Å². The summed E-state index contributed by atoms with van der Waals surface area (Å²) in [5.41, 5.74) is -0.893. The normalized spacial score (nSPS) is 29.6. The van der Waals surface area contributed by atoms with Crippen LogP contribution in [0, 0.1) is 5.41 Å². The highest BCUT2D eigenvalue weighted by Crippen LogP contribution is 2.32. The van der Waals surface area contributed by atoms with Gasteiger partial charge in [0.2, 0.25) is 0 Å². The summed E-state index contributed by atoms with van der Waals surface area (Å²) in [6.07, 6.45) is 1.79. The minimum Gasteiger partial charge on any atom is -0.481 e. The predicted octanol–water partition coefficient (Wildman–Crippen LogP) is 0.540. The van der Waals surface area contributed by atoms with E-state index in [1.807, 2.05) is 0 Å². The Balaban J connectivity index is 2.05. The molecule has 2 saturated heterocycles. The molecule has 0 aromatic rings. The van der Waals surface area contributed by atoms with Gasteiger partial charge in [0.1, 0.15) is 6.04 Å². The van der Waals surface area contributed by atoms with Crippen LogP contribution in [0.2, 0.25) is 0 Å². The van der Waals surface area contributed by atoms with Crippen molar-refractivity contribution in [2.45, 2.75) is 32.2 Å². The predicted molar refractivity (Wildman–Crippen MR) is 69.1 cm³/mol. The van der Waals surface area contributed by atoms with E-state index in [1.165, 1.54) is 16.9 Å². The van der Waals surface area contributed by atoms with Gasteiger partial charge in [-0.15, -0.1) is 0 Å². The van der Waals surface area contributed by atoms with E-state index < -0.39 is 23.4 Å². The van der Waals surface area contributed by atoms with Crippen molar-refractivity contribution in [2.75, 3.05) is 26.7 Å². The number of carbonyl (C=O) groups excluding carboxylic acids is 2. The minimum absolute atomic E-state index is 0.186. The van der Waals surface area contributed by atoms with Gasteiger partial charge in [-0.3, -0.25) is 4.79 Å². The number of aliphatic carboxylic acids is 1. The third kappa shape index (κ3) is 2.44. The molecule has 0 saturated carbocycles. The molecule has 0 radical (unpaired) electrons. The van der Waals surface area contributed by atoms with E-state index in [0.717, 1.165) is 6.42 Å². The molecule has 2 aliphatic rings. The number of methoxy groups -OCH3 is 1. The second kappa shape index (κ2) is 5.30. The van der Waals surface area contributed by atoms with Gasteiger partial charge in [0.05, 0.1) is 12.5 Å². The van der Waals surface area contributed by atoms with Crippen molar-refractivity contribution < 1.29 is 24.2 Å². The van der Waals surface area contributed by atoms with Crippen LogP contribution in [0.3, 0.4) is 0 Å². The standard InChI is InChI=1S/C13H20N2O5/c1-13(11(17)18)5-7-14(8-13)12(19)15-6-3-4-9(15)10(16)20-2/h9H,3-8H2,1-2H3,(H,17,18). The molecule has 1 N–H and O–H groups in total. The van der Waals surface area contributed by atoms with Crippen molar-refractivity contribution >= 4 is 18.0 Å². The lowest BCUT2D eigenvalue weighted by Crippen LogP contribution is -2.48. The van der Waals surface area contributed by atoms with Gasteiger partial charge in [-0.1, -0.05) is 0 Å². The first kappa shape index (κ1) is 14.6. The van der Waals surface area contributed by atoms with Crippen LogP contribution in [0.1, 0.15) is 26.2 Å². The van der Waals surface area contributed by atoms with Gasteiger partial charge in [0.15, 0.2) is 0 Å². The topological polar surface area (TPSA) is 87.2 Å². The summed E-state index contributed by atoms with van der Waals surface area (Å²) in [6, 6.07) is -0.799. The molecule has 2 atom stereocenters. The number of nitrogens with zero attached hydrogens (tertiary/aromatic N) is 2. The Labute approximate surface area is 117 Å². The van der Waals surface area contributed by atoms with Crippen LogP contribution in [-0.2, 0) is 14.3 Å². The lowest BCUT2D eigenvalue weighted by molar-refractivity contribution is -0.147. The number of amides is 2. The van der Waals surface area contributed by atoms with Crippen LogP contribution in [0.5, 0.6) is 0 Å². The van der Waals surface area contributed by atoms with Gasteiger partial charge in [0, 0.05) is 19.6 Å². The number of hydrogen-bond donors (Lipinski definition) is 1. The van der Waals surface area contributed by atoms with E-state index in [9.17, 15) is 19.5 Å². The summed E-state index contributed by atoms with van der Waals surface area (Å²) in [7, 11) is 1.31. The van der Waals surface area contributed by atoms with E-state index in [0.29, 0.717) is 25.9 Å². The summed E-state index contributed by atoms with van der Waals surface area (Å²) in [6.45, 7) is 2.75. The van der Waals surface area contributed by atoms with E-state index in [-0.39, 0.29) is 12.6 Å². The van der Waals surface area contributed by atoms with Crippen molar-refractivity contribution in [3.63, 3.8) is 0 Å². The van der Waals surface area contributed by atoms with Crippen LogP contribution in [-0.4, -0.2) is 65.7 Å². The molecule has 2 heterocycles. The molecular formula is C13H20N2O5. The Kier molecular flexibility index (Phi) is 3.87. The van der Waals surface area contributed by atoms with E-state index in [2.05, 4.69) is 0 Å². The summed E-state index contributed by atoms with van der Waals surface area (Å²) in [5.74, 6) is -1.30. The Bertz CT molecular complexity index is 438. The highest BCUT2D eigenvalue weighted by molar-refractivity contribution is 5.85. The third-order valence-corrected chi connectivity index (χ3v) is 4.23. The van der Waals surface area contributed by atoms with Crippen LogP contribution in [0.25, 0.3) is 0 Å². The number of carbonyl (C=O) groups is 3. The highest BCUT2D eigenvalue weighted by Gasteiger charge is 2.45. The maximum absolute atomic E-state index is 12.4. The number of carboxylic acid groups (broad SMARTS) is 1. The van der Waals surface area contributed by atoms with Crippen LogP contribution in [0.15, 0.2) is 0 Å². The second-order valence-electron chi connectivity index (χ2n) is 5.69. The zero-order chi connectivity index (χ0) is 14.9. The minimum atomic E-state index is -0.893. The molecule has 7 nitrogen and oxygen atoms in total. The molecular weight excluding hydrogens is 264 g/mol. The number of carboxylic acids is 1. The van der Waals surface area contributed by atoms with Crippen molar-refractivity contribution in [3.8, 4) is 0 Å². The Morgan fingerprint density at radius 3 is 2.55 bits per heavy atom. The second-order valence-corrected chi connectivity index (χ2v) is 5.69. The number of esters is 1. The van der Waals surface area contributed by atoms with Gasteiger partial charge in [-0.25, -0.2) is 9.59 Å². The molecule has 2 fully saturated rings. The fourth-order valence-corrected chi connectivity index (χ4v) is 2.86. The molecule has 20 heavy (non-hydrogen) atoms. The summed E-state index contributed by atoms with van der Waals surface area (Å²) in [5, 5.41) is 9.19. The quantitative estimate of drug-likeness (QED) is 0.748. The Morgan fingerprint density at radius 2 is 2.00 bits per heavy atom. The largest absolute Gasteiger partial charge is 0.481 e. The number of urea groups is 1. The zero-order valence-electron chi connectivity index (χ0n) is 11.8. The molecule has 2 rings (SSSR count). The molecule has 0 aromatic carbocycles. The Morgan fingerprint density at radius 1 is 1.30 bits per heavy atom. The lowest BCUT2D eigenvalue weighted by Gasteiger charge is -2.28. The number of hydrogen-bond acceptors (Lipinski definition) is 4. The fraction of sp³-hybridized carbons (Fsp3) is 0.769. The SMILES string of the molecule is COC(=O)C1CCCN1C(=O)N1CCC(C)(C(=O)O)C1. The molecule has 2 amide bonds. The fourth-order valence-electron chi connectivity index (χ4n) is 2.86. The lowest BCUT2D eigenvalue weighted by atomic mass is 9.90. The number of rotatable bonds is 2. The molecule has 2 unspecified atom stereocenters. The van der Waals surface area contributed by atoms with Gasteiger partial charge in [-0.05, 0) is 26.2 Å². The first-order chi connectivity index (χ1) is 9.39. The van der Waals surface area contributed by atoms with E-state index in [4.69, 9.17) is 4.74 Å². The molecule has 7 heteroatoms. The van der Waals surface area contributed by atoms with E-state index >= 15 is 0 Å². The smallest absolute Gasteiger partial charge is 0.328 e. The van der Waals surface area contributed by atoms with Gasteiger partial charge >= 0.3 is 18.0 Å². The average Bonchev–Trinajstić information content (AvgIpc) is 3.04. The average molecular weight is 284 g/mol. The monoisotopic (exact) mass is 284 g/mol. The van der Waals surface area contributed by atoms with Gasteiger partial charge in [-0.2, -0.15) is 0 Å². The number of likely N-dealkylation sites (tertiary alicyclic amines) is 2. The number of ether oxygens (including phenoxy) is 1. The molecule has 0 bridgehead atoms. The van der Waals surface area contributed by atoms with Crippen molar-refractivity contribution in [3.05, 3.63) is 0 Å². The zero-order valence-corrected chi connectivity index (χ0v) is 11.8. The summed E-state index contributed by atoms with van der Waals surface area (Å²) >= 11 is 0. The van der Waals surface area contributed by atoms with Crippen molar-refractivity contribution in [1.82, 2.24) is 9.80 Å². The molecule has 112 valence electrons. The van der Waals surface area contributed by atoms with Gasteiger partial charge < -0.3 is 19.6 Å².